The molecule has 1 unspecified atom stereocenters. The molecule has 1 fully saturated rings. The topological polar surface area (TPSA) is 93.5 Å². The van der Waals surface area contributed by atoms with Crippen molar-refractivity contribution in [2.24, 2.45) is 5.92 Å². The molecule has 122 valence electrons. The van der Waals surface area contributed by atoms with Gasteiger partial charge in [-0.3, -0.25) is 14.3 Å². The van der Waals surface area contributed by atoms with E-state index in [1.807, 2.05) is 24.6 Å². The number of amides is 1. The van der Waals surface area contributed by atoms with Gasteiger partial charge in [0, 0.05) is 18.8 Å². The van der Waals surface area contributed by atoms with Gasteiger partial charge in [0.15, 0.2) is 0 Å². The van der Waals surface area contributed by atoms with Crippen LogP contribution in [0, 0.1) is 5.92 Å². The third-order valence-corrected chi connectivity index (χ3v) is 3.87. The Morgan fingerprint density at radius 2 is 2.18 bits per heavy atom. The average molecular weight is 309 g/mol. The summed E-state index contributed by atoms with van der Waals surface area (Å²) in [6.45, 7) is 6.07. The Morgan fingerprint density at radius 1 is 1.45 bits per heavy atom. The smallest absolute Gasteiger partial charge is 0.325 e. The minimum atomic E-state index is -1.05. The molecule has 0 bridgehead atoms. The number of carbonyl (C=O) groups excluding carboxylic acids is 1. The number of nitrogens with zero attached hydrogens (tertiary/aromatic N) is 2. The second-order valence-electron chi connectivity index (χ2n) is 5.90. The van der Waals surface area contributed by atoms with Crippen molar-refractivity contribution in [3.05, 3.63) is 18.0 Å². The van der Waals surface area contributed by atoms with E-state index in [0.29, 0.717) is 13.0 Å². The molecule has 2 N–H and O–H groups in total. The van der Waals surface area contributed by atoms with Gasteiger partial charge >= 0.3 is 5.97 Å². The number of nitrogens with one attached hydrogen (secondary N) is 1. The largest absolute Gasteiger partial charge is 0.480 e. The van der Waals surface area contributed by atoms with Gasteiger partial charge in [0.1, 0.15) is 12.1 Å². The van der Waals surface area contributed by atoms with Gasteiger partial charge in [-0.15, -0.1) is 0 Å². The number of aliphatic carboxylic acids is 1. The zero-order valence-electron chi connectivity index (χ0n) is 13.2. The lowest BCUT2D eigenvalue weighted by molar-refractivity contribution is -0.144. The second-order valence-corrected chi connectivity index (χ2v) is 5.90. The van der Waals surface area contributed by atoms with Crippen LogP contribution in [0.3, 0.4) is 0 Å². The molecule has 7 nitrogen and oxygen atoms in total. The van der Waals surface area contributed by atoms with Crippen LogP contribution < -0.4 is 5.32 Å². The van der Waals surface area contributed by atoms with E-state index in [0.717, 1.165) is 12.1 Å². The van der Waals surface area contributed by atoms with Crippen molar-refractivity contribution >= 4 is 11.9 Å². The Morgan fingerprint density at radius 3 is 2.82 bits per heavy atom. The first-order valence-corrected chi connectivity index (χ1v) is 7.60. The molecule has 1 aromatic rings. The summed E-state index contributed by atoms with van der Waals surface area (Å²) in [5.41, 5.74) is 0.859. The van der Waals surface area contributed by atoms with Gasteiger partial charge < -0.3 is 15.2 Å². The molecule has 2 heterocycles. The summed E-state index contributed by atoms with van der Waals surface area (Å²) in [4.78, 5) is 23.3. The third-order valence-electron chi connectivity index (χ3n) is 3.87. The highest BCUT2D eigenvalue weighted by atomic mass is 16.5. The summed E-state index contributed by atoms with van der Waals surface area (Å²) in [7, 11) is 0. The standard InChI is InChI=1S/C15H23N3O4/c1-9(2)18-12(6-7-16-18)13-11(5-4-8-22-13)14(19)17-10(3)15(20)21/h6-7,9-11,13H,4-5,8H2,1-3H3,(H,17,19)(H,20,21)/t10?,11-,13-/m1/s1. The quantitative estimate of drug-likeness (QED) is 0.860. The van der Waals surface area contributed by atoms with Crippen LogP contribution in [-0.2, 0) is 14.3 Å². The van der Waals surface area contributed by atoms with Crippen molar-refractivity contribution < 1.29 is 19.4 Å². The molecule has 7 heteroatoms. The summed E-state index contributed by atoms with van der Waals surface area (Å²) in [6, 6.07) is 1.11. The second kappa shape index (κ2) is 6.91. The van der Waals surface area contributed by atoms with Crippen LogP contribution in [0.25, 0.3) is 0 Å². The van der Waals surface area contributed by atoms with Crippen molar-refractivity contribution in [3.8, 4) is 0 Å². The zero-order chi connectivity index (χ0) is 16.3. The molecular formula is C15H23N3O4. The van der Waals surface area contributed by atoms with E-state index in [1.165, 1.54) is 6.92 Å². The monoisotopic (exact) mass is 309 g/mol. The van der Waals surface area contributed by atoms with E-state index >= 15 is 0 Å². The number of ether oxygens (including phenoxy) is 1. The maximum atomic E-state index is 12.4. The van der Waals surface area contributed by atoms with E-state index in [9.17, 15) is 9.59 Å². The fraction of sp³-hybridized carbons (Fsp3) is 0.667. The van der Waals surface area contributed by atoms with Gasteiger partial charge in [0.05, 0.1) is 11.6 Å². The fourth-order valence-electron chi connectivity index (χ4n) is 2.70. The van der Waals surface area contributed by atoms with Gasteiger partial charge in [-0.1, -0.05) is 0 Å². The van der Waals surface area contributed by atoms with Crippen molar-refractivity contribution in [1.29, 1.82) is 0 Å². The molecule has 1 amide bonds. The van der Waals surface area contributed by atoms with Gasteiger partial charge in [-0.2, -0.15) is 5.10 Å². The first kappa shape index (κ1) is 16.5. The van der Waals surface area contributed by atoms with Crippen LogP contribution in [0.15, 0.2) is 12.3 Å². The van der Waals surface area contributed by atoms with Crippen LogP contribution in [-0.4, -0.2) is 39.4 Å². The van der Waals surface area contributed by atoms with Crippen molar-refractivity contribution in [1.82, 2.24) is 15.1 Å². The molecule has 2 rings (SSSR count). The predicted molar refractivity (Wildman–Crippen MR) is 79.3 cm³/mol. The molecule has 0 aromatic carbocycles. The summed E-state index contributed by atoms with van der Waals surface area (Å²) in [6.07, 6.45) is 2.76. The van der Waals surface area contributed by atoms with Gasteiger partial charge in [-0.25, -0.2) is 0 Å². The maximum absolute atomic E-state index is 12.4. The highest BCUT2D eigenvalue weighted by Gasteiger charge is 2.36. The van der Waals surface area contributed by atoms with E-state index in [-0.39, 0.29) is 18.1 Å². The lowest BCUT2D eigenvalue weighted by atomic mass is 9.91. The SMILES string of the molecule is CC(NC(=O)[C@@H]1CCCO[C@H]1c1ccnn1C(C)C)C(=O)O. The molecule has 22 heavy (non-hydrogen) atoms. The highest BCUT2D eigenvalue weighted by molar-refractivity contribution is 5.85. The summed E-state index contributed by atoms with van der Waals surface area (Å²) in [5.74, 6) is -1.73. The Labute approximate surface area is 129 Å². The Balaban J connectivity index is 2.19. The highest BCUT2D eigenvalue weighted by Crippen LogP contribution is 2.34. The molecular weight excluding hydrogens is 286 g/mol. The minimum absolute atomic E-state index is 0.164. The third kappa shape index (κ3) is 3.47. The molecule has 0 spiro atoms. The molecule has 1 aliphatic rings. The lowest BCUT2D eigenvalue weighted by Gasteiger charge is -2.32. The van der Waals surface area contributed by atoms with Gasteiger partial charge in [0.2, 0.25) is 5.91 Å². The van der Waals surface area contributed by atoms with Crippen molar-refractivity contribution in [2.45, 2.75) is 51.8 Å². The van der Waals surface area contributed by atoms with Crippen LogP contribution in [0.4, 0.5) is 0 Å². The van der Waals surface area contributed by atoms with Crippen LogP contribution in [0.1, 0.15) is 51.5 Å². The molecule has 0 saturated carbocycles. The number of hydrogen-bond acceptors (Lipinski definition) is 4. The molecule has 1 aromatic heterocycles. The van der Waals surface area contributed by atoms with Crippen molar-refractivity contribution in [2.75, 3.05) is 6.61 Å². The predicted octanol–water partition coefficient (Wildman–Crippen LogP) is 1.52. The van der Waals surface area contributed by atoms with Crippen LogP contribution in [0.2, 0.25) is 0 Å². The summed E-state index contributed by atoms with van der Waals surface area (Å²) in [5, 5.41) is 15.8. The van der Waals surface area contributed by atoms with E-state index in [4.69, 9.17) is 9.84 Å². The van der Waals surface area contributed by atoms with Crippen LogP contribution in [0.5, 0.6) is 0 Å². The summed E-state index contributed by atoms with van der Waals surface area (Å²) < 4.78 is 7.66. The van der Waals surface area contributed by atoms with E-state index in [2.05, 4.69) is 10.4 Å². The first-order chi connectivity index (χ1) is 10.4. The number of carboxylic acids is 1. The average Bonchev–Trinajstić information content (AvgIpc) is 2.96. The Bertz CT molecular complexity index is 541. The Kier molecular flexibility index (Phi) is 5.18. The normalized spacial score (nSPS) is 23.3. The maximum Gasteiger partial charge on any atom is 0.325 e. The molecule has 3 atom stereocenters. The number of carbonyl (C=O) groups is 2. The number of rotatable bonds is 5. The zero-order valence-corrected chi connectivity index (χ0v) is 13.2. The molecule has 1 saturated heterocycles. The summed E-state index contributed by atoms with van der Waals surface area (Å²) >= 11 is 0. The van der Waals surface area contributed by atoms with E-state index < -0.39 is 17.9 Å². The molecule has 0 radical (unpaired) electrons. The number of aromatic nitrogens is 2. The fourth-order valence-corrected chi connectivity index (χ4v) is 2.70. The molecule has 1 aliphatic heterocycles. The Hall–Kier alpha value is -1.89. The van der Waals surface area contributed by atoms with Gasteiger partial charge in [-0.05, 0) is 39.7 Å². The van der Waals surface area contributed by atoms with E-state index in [1.54, 1.807) is 6.20 Å². The van der Waals surface area contributed by atoms with Gasteiger partial charge in [0.25, 0.3) is 0 Å². The van der Waals surface area contributed by atoms with Crippen LogP contribution >= 0.6 is 0 Å². The number of hydrogen-bond donors (Lipinski definition) is 2. The van der Waals surface area contributed by atoms with Crippen molar-refractivity contribution in [3.63, 3.8) is 0 Å². The molecule has 0 aliphatic carbocycles. The number of carboxylic acid groups (broad SMARTS) is 1. The lowest BCUT2D eigenvalue weighted by Crippen LogP contribution is -2.45. The minimum Gasteiger partial charge on any atom is -0.480 e. The first-order valence-electron chi connectivity index (χ1n) is 7.60.